The molecule has 0 unspecified atom stereocenters. The van der Waals surface area contributed by atoms with Crippen molar-refractivity contribution in [3.63, 3.8) is 0 Å². The van der Waals surface area contributed by atoms with E-state index in [1.165, 1.54) is 22.1 Å². The van der Waals surface area contributed by atoms with E-state index in [4.69, 9.17) is 5.11 Å². The molecule has 2 heterocycles. The van der Waals surface area contributed by atoms with Crippen LogP contribution in [0.4, 0.5) is 0 Å². The summed E-state index contributed by atoms with van der Waals surface area (Å²) >= 11 is 0. The third kappa shape index (κ3) is 2.97. The maximum atomic E-state index is 12.5. The first kappa shape index (κ1) is 15.3. The maximum absolute atomic E-state index is 12.5. The molecule has 1 aliphatic rings. The van der Waals surface area contributed by atoms with Crippen LogP contribution in [0, 0.1) is 5.41 Å². The topological polar surface area (TPSA) is 73.4 Å². The van der Waals surface area contributed by atoms with Crippen molar-refractivity contribution < 1.29 is 13.5 Å². The van der Waals surface area contributed by atoms with E-state index in [9.17, 15) is 8.42 Å². The number of aromatic nitrogens is 1. The Hall–Kier alpha value is -1.11. The number of hydrogen-bond donors (Lipinski definition) is 2. The van der Waals surface area contributed by atoms with Gasteiger partial charge in [-0.3, -0.25) is 0 Å². The van der Waals surface area contributed by atoms with Crippen molar-refractivity contribution in [2.45, 2.75) is 38.7 Å². The average Bonchev–Trinajstić information content (AvgIpc) is 2.87. The zero-order valence-corrected chi connectivity index (χ0v) is 13.0. The van der Waals surface area contributed by atoms with E-state index in [2.05, 4.69) is 25.8 Å². The molecule has 0 saturated carbocycles. The molecule has 1 aliphatic heterocycles. The predicted octanol–water partition coefficient (Wildman–Crippen LogP) is 1.87. The summed E-state index contributed by atoms with van der Waals surface area (Å²) in [5.74, 6) is 0. The van der Waals surface area contributed by atoms with Crippen LogP contribution >= 0.6 is 0 Å². The quantitative estimate of drug-likeness (QED) is 0.837. The molecule has 0 amide bonds. The van der Waals surface area contributed by atoms with Crippen molar-refractivity contribution in [1.29, 1.82) is 0 Å². The third-order valence-corrected chi connectivity index (χ3v) is 5.50. The zero-order valence-electron chi connectivity index (χ0n) is 12.2. The van der Waals surface area contributed by atoms with Gasteiger partial charge in [-0.25, -0.2) is 8.42 Å². The van der Waals surface area contributed by atoms with E-state index in [-0.39, 0.29) is 16.9 Å². The highest BCUT2D eigenvalue weighted by Gasteiger charge is 2.29. The van der Waals surface area contributed by atoms with Gasteiger partial charge in [0.25, 0.3) is 0 Å². The monoisotopic (exact) mass is 298 g/mol. The van der Waals surface area contributed by atoms with Crippen LogP contribution in [-0.2, 0) is 16.6 Å². The highest BCUT2D eigenvalue weighted by Crippen LogP contribution is 2.31. The van der Waals surface area contributed by atoms with Crippen LogP contribution in [0.15, 0.2) is 28.8 Å². The van der Waals surface area contributed by atoms with E-state index in [1.54, 1.807) is 0 Å². The van der Waals surface area contributed by atoms with Gasteiger partial charge in [0, 0.05) is 25.0 Å². The fourth-order valence-electron chi connectivity index (χ4n) is 2.36. The molecule has 0 saturated heterocycles. The van der Waals surface area contributed by atoms with Crippen LogP contribution in [0.25, 0.3) is 0 Å². The van der Waals surface area contributed by atoms with E-state index in [1.807, 2.05) is 6.08 Å². The van der Waals surface area contributed by atoms with Crippen molar-refractivity contribution in [3.8, 4) is 0 Å². The molecular formula is C14H22N2O3S. The Morgan fingerprint density at radius 2 is 2.10 bits per heavy atom. The molecule has 0 fully saturated rings. The highest BCUT2D eigenvalue weighted by molar-refractivity contribution is 7.89. The highest BCUT2D eigenvalue weighted by atomic mass is 32.2. The molecule has 0 radical (unpaired) electrons. The molecule has 5 nitrogen and oxygen atoms in total. The number of aliphatic hydroxyl groups excluding tert-OH is 1. The number of nitrogens with zero attached hydrogens (tertiary/aromatic N) is 1. The van der Waals surface area contributed by atoms with Crippen molar-refractivity contribution in [3.05, 3.63) is 29.6 Å². The third-order valence-electron chi connectivity index (χ3n) is 3.66. The molecule has 112 valence electrons. The lowest BCUT2D eigenvalue weighted by atomic mass is 9.83. The Balaban J connectivity index is 2.19. The van der Waals surface area contributed by atoms with Crippen molar-refractivity contribution in [2.75, 3.05) is 13.1 Å². The Bertz CT molecular complexity index is 609. The molecule has 6 heteroatoms. The maximum Gasteiger partial charge on any atom is 0.244 e. The van der Waals surface area contributed by atoms with Gasteiger partial charge in [0.15, 0.2) is 0 Å². The van der Waals surface area contributed by atoms with Crippen LogP contribution in [0.2, 0.25) is 0 Å². The second-order valence-corrected chi connectivity index (χ2v) is 8.05. The molecule has 20 heavy (non-hydrogen) atoms. The van der Waals surface area contributed by atoms with Gasteiger partial charge in [-0.05, 0) is 17.9 Å². The SMILES string of the molecule is CC(C)(C)C1=CCN(S(=O)(=O)c2c[nH]c(CO)c2)CC1. The Kier molecular flexibility index (Phi) is 4.09. The molecule has 0 atom stereocenters. The first-order valence-electron chi connectivity index (χ1n) is 6.73. The fourth-order valence-corrected chi connectivity index (χ4v) is 3.76. The van der Waals surface area contributed by atoms with Crippen LogP contribution < -0.4 is 0 Å². The fraction of sp³-hybridized carbons (Fsp3) is 0.571. The van der Waals surface area contributed by atoms with Crippen LogP contribution in [0.3, 0.4) is 0 Å². The van der Waals surface area contributed by atoms with Crippen molar-refractivity contribution in [2.24, 2.45) is 5.41 Å². The largest absolute Gasteiger partial charge is 0.390 e. The van der Waals surface area contributed by atoms with Crippen molar-refractivity contribution in [1.82, 2.24) is 9.29 Å². The van der Waals surface area contributed by atoms with Crippen molar-refractivity contribution >= 4 is 10.0 Å². The number of H-pyrrole nitrogens is 1. The Morgan fingerprint density at radius 3 is 2.55 bits per heavy atom. The van der Waals surface area contributed by atoms with Gasteiger partial charge in [0.1, 0.15) is 0 Å². The Morgan fingerprint density at radius 1 is 1.40 bits per heavy atom. The minimum Gasteiger partial charge on any atom is -0.390 e. The summed E-state index contributed by atoms with van der Waals surface area (Å²) < 4.78 is 26.4. The molecule has 2 N–H and O–H groups in total. The number of hydrogen-bond acceptors (Lipinski definition) is 3. The molecule has 2 rings (SSSR count). The number of rotatable bonds is 3. The standard InChI is InChI=1S/C14H22N2O3S/c1-14(2,3)11-4-6-16(7-5-11)20(18,19)13-8-12(10-17)15-9-13/h4,8-9,15,17H,5-7,10H2,1-3H3. The molecule has 0 spiro atoms. The molecular weight excluding hydrogens is 276 g/mol. The smallest absolute Gasteiger partial charge is 0.244 e. The van der Waals surface area contributed by atoms with E-state index < -0.39 is 10.0 Å². The lowest BCUT2D eigenvalue weighted by molar-refractivity contribution is 0.277. The summed E-state index contributed by atoms with van der Waals surface area (Å²) in [7, 11) is -3.47. The summed E-state index contributed by atoms with van der Waals surface area (Å²) in [5, 5.41) is 9.00. The Labute approximate surface area is 120 Å². The summed E-state index contributed by atoms with van der Waals surface area (Å²) in [6, 6.07) is 1.48. The molecule has 0 bridgehead atoms. The van der Waals surface area contributed by atoms with Crippen LogP contribution in [0.5, 0.6) is 0 Å². The second kappa shape index (κ2) is 5.35. The first-order valence-corrected chi connectivity index (χ1v) is 8.17. The minimum absolute atomic E-state index is 0.0913. The van der Waals surface area contributed by atoms with Gasteiger partial charge in [-0.1, -0.05) is 32.4 Å². The summed E-state index contributed by atoms with van der Waals surface area (Å²) in [6.07, 6.45) is 4.21. The molecule has 0 aromatic carbocycles. The van der Waals surface area contributed by atoms with Gasteiger partial charge < -0.3 is 10.1 Å². The number of sulfonamides is 1. The zero-order chi connectivity index (χ0) is 15.0. The number of nitrogens with one attached hydrogen (secondary N) is 1. The lowest BCUT2D eigenvalue weighted by Crippen LogP contribution is -2.36. The predicted molar refractivity (Wildman–Crippen MR) is 77.6 cm³/mol. The van der Waals surface area contributed by atoms with Gasteiger partial charge in [0.2, 0.25) is 10.0 Å². The van der Waals surface area contributed by atoms with Gasteiger partial charge in [-0.2, -0.15) is 4.31 Å². The molecule has 1 aromatic heterocycles. The molecule has 0 aliphatic carbocycles. The van der Waals surface area contributed by atoms with Gasteiger partial charge >= 0.3 is 0 Å². The minimum atomic E-state index is -3.47. The second-order valence-electron chi connectivity index (χ2n) is 6.11. The first-order chi connectivity index (χ1) is 9.25. The van der Waals surface area contributed by atoms with Gasteiger partial charge in [-0.15, -0.1) is 0 Å². The number of aromatic amines is 1. The van der Waals surface area contributed by atoms with Crippen LogP contribution in [-0.4, -0.2) is 35.9 Å². The summed E-state index contributed by atoms with van der Waals surface area (Å²) in [5.41, 5.74) is 1.90. The lowest BCUT2D eigenvalue weighted by Gasteiger charge is -2.31. The number of aliphatic hydroxyl groups is 1. The summed E-state index contributed by atoms with van der Waals surface area (Å²) in [6.45, 7) is 7.15. The van der Waals surface area contributed by atoms with E-state index >= 15 is 0 Å². The van der Waals surface area contributed by atoms with Gasteiger partial charge in [0.05, 0.1) is 11.5 Å². The van der Waals surface area contributed by atoms with Crippen LogP contribution in [0.1, 0.15) is 32.9 Å². The van der Waals surface area contributed by atoms with E-state index in [0.29, 0.717) is 18.8 Å². The average molecular weight is 298 g/mol. The molecule has 1 aromatic rings. The van der Waals surface area contributed by atoms with E-state index in [0.717, 1.165) is 6.42 Å². The summed E-state index contributed by atoms with van der Waals surface area (Å²) in [4.78, 5) is 2.98. The normalized spacial score (nSPS) is 18.1.